The summed E-state index contributed by atoms with van der Waals surface area (Å²) in [6.45, 7) is 3.97. The first kappa shape index (κ1) is 18.9. The van der Waals surface area contributed by atoms with E-state index in [1.54, 1.807) is 4.68 Å². The highest BCUT2D eigenvalue weighted by molar-refractivity contribution is 8.93. The molecule has 0 fully saturated rings. The van der Waals surface area contributed by atoms with Gasteiger partial charge in [-0.25, -0.2) is 0 Å². The van der Waals surface area contributed by atoms with Crippen molar-refractivity contribution < 1.29 is 0 Å². The Labute approximate surface area is 160 Å². The molecule has 128 valence electrons. The van der Waals surface area contributed by atoms with Crippen molar-refractivity contribution in [2.75, 3.05) is 0 Å². The molecule has 0 aliphatic carbocycles. The van der Waals surface area contributed by atoms with Crippen LogP contribution in [-0.4, -0.2) is 29.8 Å². The summed E-state index contributed by atoms with van der Waals surface area (Å²) >= 11 is 1.44. The molecule has 0 unspecified atom stereocenters. The molecule has 4 aromatic rings. The van der Waals surface area contributed by atoms with E-state index in [4.69, 9.17) is 0 Å². The van der Waals surface area contributed by atoms with Crippen LogP contribution in [0.5, 0.6) is 0 Å². The van der Waals surface area contributed by atoms with Gasteiger partial charge in [0.25, 0.3) is 0 Å². The van der Waals surface area contributed by atoms with Crippen LogP contribution in [0.15, 0.2) is 60.7 Å². The molecule has 0 radical (unpaired) electrons. The van der Waals surface area contributed by atoms with Crippen molar-refractivity contribution in [2.45, 2.75) is 13.8 Å². The Morgan fingerprint density at radius 3 is 2.00 bits per heavy atom. The second-order valence-electron chi connectivity index (χ2n) is 5.03. The number of nitrogens with zero attached hydrogens (tertiary/aromatic N) is 6. The maximum Gasteiger partial charge on any atom is 0.187 e. The fourth-order valence-corrected chi connectivity index (χ4v) is 2.44. The van der Waals surface area contributed by atoms with Crippen molar-refractivity contribution in [3.63, 3.8) is 0 Å². The van der Waals surface area contributed by atoms with E-state index in [0.717, 1.165) is 22.8 Å². The van der Waals surface area contributed by atoms with Gasteiger partial charge in [0.2, 0.25) is 0 Å². The lowest BCUT2D eigenvalue weighted by Gasteiger charge is -2.03. The number of hydrogen-bond donors (Lipinski definition) is 0. The Morgan fingerprint density at radius 2 is 1.48 bits per heavy atom. The summed E-state index contributed by atoms with van der Waals surface area (Å²) in [5.74, 6) is 0.747. The lowest BCUT2D eigenvalue weighted by Crippen LogP contribution is -1.99. The average molecular weight is 417 g/mol. The average Bonchev–Trinajstić information content (AvgIpc) is 3.27. The van der Waals surface area contributed by atoms with Gasteiger partial charge in [-0.05, 0) is 47.9 Å². The zero-order valence-corrected chi connectivity index (χ0v) is 16.3. The van der Waals surface area contributed by atoms with Gasteiger partial charge in [-0.15, -0.1) is 27.2 Å². The number of para-hydroxylation sites is 1. The first-order chi connectivity index (χ1) is 11.8. The molecule has 0 bridgehead atoms. The van der Waals surface area contributed by atoms with Gasteiger partial charge in [0.15, 0.2) is 5.82 Å². The Morgan fingerprint density at radius 1 is 0.840 bits per heavy atom. The predicted molar refractivity (Wildman–Crippen MR) is 104 cm³/mol. The fourth-order valence-electron chi connectivity index (χ4n) is 1.98. The second-order valence-corrected chi connectivity index (χ2v) is 5.99. The molecule has 2 aromatic carbocycles. The van der Waals surface area contributed by atoms with Crippen molar-refractivity contribution in [1.82, 2.24) is 29.8 Å². The molecule has 0 N–H and O–H groups in total. The molecule has 2 heterocycles. The van der Waals surface area contributed by atoms with Gasteiger partial charge in [-0.2, -0.15) is 4.68 Å². The number of benzene rings is 2. The van der Waals surface area contributed by atoms with Gasteiger partial charge in [-0.1, -0.05) is 53.0 Å². The maximum atomic E-state index is 4.06. The van der Waals surface area contributed by atoms with Gasteiger partial charge in [0.05, 0.1) is 11.4 Å². The largest absolute Gasteiger partial charge is 0.193 e. The van der Waals surface area contributed by atoms with E-state index in [-0.39, 0.29) is 17.0 Å². The number of rotatable bonds is 2. The standard InChI is InChI=1S/C13H10N4.C4H6N2S.BrH/c1-3-7-11(8-4-1)13-14-15-16-17(13)12-9-5-2-6-10-12;1-3-4(2)7-6-5-3;/h1-10H;1-2H3;1H. The van der Waals surface area contributed by atoms with Crippen LogP contribution in [0.2, 0.25) is 0 Å². The summed E-state index contributed by atoms with van der Waals surface area (Å²) in [4.78, 5) is 1.21. The lowest BCUT2D eigenvalue weighted by atomic mass is 10.2. The van der Waals surface area contributed by atoms with Gasteiger partial charge >= 0.3 is 0 Å². The number of hydrogen-bond acceptors (Lipinski definition) is 6. The molecule has 0 aliphatic heterocycles. The summed E-state index contributed by atoms with van der Waals surface area (Å²) in [6.07, 6.45) is 0. The minimum Gasteiger partial charge on any atom is -0.193 e. The van der Waals surface area contributed by atoms with Crippen LogP contribution in [-0.2, 0) is 0 Å². The number of tetrazole rings is 1. The molecule has 25 heavy (non-hydrogen) atoms. The third-order valence-corrected chi connectivity index (χ3v) is 4.11. The van der Waals surface area contributed by atoms with E-state index in [2.05, 4.69) is 25.1 Å². The summed E-state index contributed by atoms with van der Waals surface area (Å²) in [5, 5.41) is 15.6. The highest BCUT2D eigenvalue weighted by Gasteiger charge is 2.09. The quantitative estimate of drug-likeness (QED) is 0.492. The molecule has 0 saturated heterocycles. The third-order valence-electron chi connectivity index (χ3n) is 3.38. The van der Waals surface area contributed by atoms with Gasteiger partial charge in [0.1, 0.15) is 0 Å². The van der Waals surface area contributed by atoms with Crippen molar-refractivity contribution in [2.24, 2.45) is 0 Å². The van der Waals surface area contributed by atoms with E-state index in [9.17, 15) is 0 Å². The molecule has 0 aliphatic rings. The van der Waals surface area contributed by atoms with Crippen molar-refractivity contribution >= 4 is 28.5 Å². The van der Waals surface area contributed by atoms with Crippen LogP contribution in [0.3, 0.4) is 0 Å². The maximum absolute atomic E-state index is 4.06. The highest BCUT2D eigenvalue weighted by atomic mass is 79.9. The molecule has 4 rings (SSSR count). The first-order valence-corrected chi connectivity index (χ1v) is 8.18. The molecular weight excluding hydrogens is 400 g/mol. The van der Waals surface area contributed by atoms with Gasteiger partial charge in [-0.3, -0.25) is 0 Å². The highest BCUT2D eigenvalue weighted by Crippen LogP contribution is 2.18. The van der Waals surface area contributed by atoms with Crippen LogP contribution in [0.1, 0.15) is 10.6 Å². The summed E-state index contributed by atoms with van der Waals surface area (Å²) in [7, 11) is 0. The normalized spacial score (nSPS) is 9.68. The lowest BCUT2D eigenvalue weighted by molar-refractivity contribution is 0.791. The third kappa shape index (κ3) is 4.77. The van der Waals surface area contributed by atoms with E-state index in [1.165, 1.54) is 16.4 Å². The molecule has 6 nitrogen and oxygen atoms in total. The summed E-state index contributed by atoms with van der Waals surface area (Å²) in [5.41, 5.74) is 3.00. The molecule has 0 saturated carbocycles. The fraction of sp³-hybridized carbons (Fsp3) is 0.118. The summed E-state index contributed by atoms with van der Waals surface area (Å²) in [6, 6.07) is 19.7. The number of aromatic nitrogens is 6. The summed E-state index contributed by atoms with van der Waals surface area (Å²) < 4.78 is 5.44. The molecule has 8 heteroatoms. The van der Waals surface area contributed by atoms with Gasteiger partial charge < -0.3 is 0 Å². The van der Waals surface area contributed by atoms with Crippen molar-refractivity contribution in [3.05, 3.63) is 71.2 Å². The molecule has 2 aromatic heterocycles. The molecule has 0 spiro atoms. The van der Waals surface area contributed by atoms with Crippen molar-refractivity contribution in [3.8, 4) is 17.1 Å². The zero-order valence-electron chi connectivity index (χ0n) is 13.8. The Kier molecular flexibility index (Phi) is 6.91. The van der Waals surface area contributed by atoms with Gasteiger partial charge in [0, 0.05) is 10.4 Å². The zero-order chi connectivity index (χ0) is 16.8. The van der Waals surface area contributed by atoms with Crippen LogP contribution in [0.4, 0.5) is 0 Å². The topological polar surface area (TPSA) is 69.4 Å². The van der Waals surface area contributed by atoms with E-state index in [1.807, 2.05) is 74.5 Å². The first-order valence-electron chi connectivity index (χ1n) is 7.40. The minimum atomic E-state index is 0. The second kappa shape index (κ2) is 9.14. The molecular formula is C17H17BrN6S. The smallest absolute Gasteiger partial charge is 0.187 e. The predicted octanol–water partition coefficient (Wildman–Crippen LogP) is 4.06. The Balaban J connectivity index is 0.000000240. The monoisotopic (exact) mass is 416 g/mol. The Hall–Kier alpha value is -2.45. The van der Waals surface area contributed by atoms with Crippen LogP contribution >= 0.6 is 28.5 Å². The minimum absolute atomic E-state index is 0. The number of aryl methyl sites for hydroxylation is 2. The van der Waals surface area contributed by atoms with E-state index < -0.39 is 0 Å². The molecule has 0 amide bonds. The van der Waals surface area contributed by atoms with Crippen molar-refractivity contribution in [1.29, 1.82) is 0 Å². The SMILES string of the molecule is Br.Cc1nnsc1C.c1ccc(-c2nnnn2-c2ccccc2)cc1. The van der Waals surface area contributed by atoms with Crippen LogP contribution in [0, 0.1) is 13.8 Å². The van der Waals surface area contributed by atoms with Crippen LogP contribution < -0.4 is 0 Å². The van der Waals surface area contributed by atoms with E-state index in [0.29, 0.717) is 0 Å². The van der Waals surface area contributed by atoms with Crippen LogP contribution in [0.25, 0.3) is 17.1 Å². The molecule has 0 atom stereocenters. The Bertz CT molecular complexity index is 821. The number of halogens is 1. The van der Waals surface area contributed by atoms with E-state index >= 15 is 0 Å².